The van der Waals surface area contributed by atoms with Crippen LogP contribution < -0.4 is 5.32 Å². The van der Waals surface area contributed by atoms with Gasteiger partial charge in [0, 0.05) is 38.3 Å². The SMILES string of the molecule is CC(C)CN(CCNC(C)C1CCCO1)C1CCCC1. The maximum atomic E-state index is 5.76. The first-order valence-corrected chi connectivity index (χ1v) is 8.76. The molecule has 1 heterocycles. The van der Waals surface area contributed by atoms with E-state index in [-0.39, 0.29) is 0 Å². The van der Waals surface area contributed by atoms with E-state index in [1.807, 2.05) is 0 Å². The summed E-state index contributed by atoms with van der Waals surface area (Å²) in [7, 11) is 0. The molecule has 0 bridgehead atoms. The largest absolute Gasteiger partial charge is 0.377 e. The molecule has 0 aromatic heterocycles. The van der Waals surface area contributed by atoms with Gasteiger partial charge in [-0.3, -0.25) is 4.90 Å². The third-order valence-corrected chi connectivity index (χ3v) is 4.83. The second-order valence-corrected chi connectivity index (χ2v) is 7.12. The van der Waals surface area contributed by atoms with Crippen LogP contribution >= 0.6 is 0 Å². The van der Waals surface area contributed by atoms with Crippen LogP contribution in [0.25, 0.3) is 0 Å². The van der Waals surface area contributed by atoms with Gasteiger partial charge in [0.25, 0.3) is 0 Å². The Morgan fingerprint density at radius 2 is 1.85 bits per heavy atom. The molecule has 3 nitrogen and oxygen atoms in total. The summed E-state index contributed by atoms with van der Waals surface area (Å²) < 4.78 is 5.76. The standard InChI is InChI=1S/C17H34N2O/c1-14(2)13-19(16-7-4-5-8-16)11-10-18-15(3)17-9-6-12-20-17/h14-18H,4-13H2,1-3H3. The number of nitrogens with one attached hydrogen (secondary N) is 1. The lowest BCUT2D eigenvalue weighted by molar-refractivity contribution is 0.0813. The van der Waals surface area contributed by atoms with Crippen molar-refractivity contribution in [1.29, 1.82) is 0 Å². The number of nitrogens with zero attached hydrogens (tertiary/aromatic N) is 1. The highest BCUT2D eigenvalue weighted by atomic mass is 16.5. The normalized spacial score (nSPS) is 25.9. The summed E-state index contributed by atoms with van der Waals surface area (Å²) in [6.07, 6.45) is 8.59. The summed E-state index contributed by atoms with van der Waals surface area (Å²) in [4.78, 5) is 2.73. The van der Waals surface area contributed by atoms with Gasteiger partial charge in [-0.1, -0.05) is 26.7 Å². The van der Waals surface area contributed by atoms with E-state index in [0.717, 1.165) is 25.1 Å². The molecule has 1 saturated heterocycles. The van der Waals surface area contributed by atoms with Crippen molar-refractivity contribution in [2.45, 2.75) is 77.5 Å². The molecule has 118 valence electrons. The zero-order chi connectivity index (χ0) is 14.4. The van der Waals surface area contributed by atoms with Gasteiger partial charge in [0.05, 0.1) is 6.10 Å². The predicted octanol–water partition coefficient (Wildman–Crippen LogP) is 3.04. The number of ether oxygens (including phenoxy) is 1. The van der Waals surface area contributed by atoms with Crippen molar-refractivity contribution in [3.63, 3.8) is 0 Å². The zero-order valence-electron chi connectivity index (χ0n) is 13.7. The monoisotopic (exact) mass is 282 g/mol. The average molecular weight is 282 g/mol. The van der Waals surface area contributed by atoms with Crippen LogP contribution in [0.4, 0.5) is 0 Å². The first kappa shape index (κ1) is 16.3. The third-order valence-electron chi connectivity index (χ3n) is 4.83. The first-order valence-electron chi connectivity index (χ1n) is 8.76. The summed E-state index contributed by atoms with van der Waals surface area (Å²) in [6, 6.07) is 1.35. The summed E-state index contributed by atoms with van der Waals surface area (Å²) in [5, 5.41) is 3.69. The van der Waals surface area contributed by atoms with Crippen molar-refractivity contribution < 1.29 is 4.74 Å². The van der Waals surface area contributed by atoms with E-state index in [1.165, 1.54) is 51.6 Å². The van der Waals surface area contributed by atoms with Crippen molar-refractivity contribution in [3.05, 3.63) is 0 Å². The van der Waals surface area contributed by atoms with Gasteiger partial charge in [0.2, 0.25) is 0 Å². The second kappa shape index (κ2) is 8.35. The predicted molar refractivity (Wildman–Crippen MR) is 85.1 cm³/mol. The van der Waals surface area contributed by atoms with Crippen LogP contribution in [0, 0.1) is 5.92 Å². The Bertz CT molecular complexity index is 258. The van der Waals surface area contributed by atoms with Crippen LogP contribution in [0.3, 0.4) is 0 Å². The second-order valence-electron chi connectivity index (χ2n) is 7.12. The quantitative estimate of drug-likeness (QED) is 0.740. The maximum Gasteiger partial charge on any atom is 0.0726 e. The van der Waals surface area contributed by atoms with Crippen LogP contribution in [0.5, 0.6) is 0 Å². The van der Waals surface area contributed by atoms with Gasteiger partial charge in [-0.2, -0.15) is 0 Å². The Morgan fingerprint density at radius 1 is 1.10 bits per heavy atom. The van der Waals surface area contributed by atoms with E-state index in [1.54, 1.807) is 0 Å². The molecule has 2 fully saturated rings. The van der Waals surface area contributed by atoms with Gasteiger partial charge in [0.1, 0.15) is 0 Å². The minimum absolute atomic E-state index is 0.444. The molecular weight excluding hydrogens is 248 g/mol. The Hall–Kier alpha value is -0.120. The molecule has 0 aromatic carbocycles. The average Bonchev–Trinajstić information content (AvgIpc) is 3.10. The number of hydrogen-bond acceptors (Lipinski definition) is 3. The Kier molecular flexibility index (Phi) is 6.79. The van der Waals surface area contributed by atoms with Gasteiger partial charge < -0.3 is 10.1 Å². The van der Waals surface area contributed by atoms with Gasteiger partial charge in [-0.15, -0.1) is 0 Å². The molecule has 0 radical (unpaired) electrons. The lowest BCUT2D eigenvalue weighted by Crippen LogP contribution is -2.44. The summed E-state index contributed by atoms with van der Waals surface area (Å²) >= 11 is 0. The molecule has 1 saturated carbocycles. The molecule has 1 aliphatic heterocycles. The smallest absolute Gasteiger partial charge is 0.0726 e. The van der Waals surface area contributed by atoms with E-state index in [4.69, 9.17) is 4.74 Å². The summed E-state index contributed by atoms with van der Waals surface area (Å²) in [5.41, 5.74) is 0. The fraction of sp³-hybridized carbons (Fsp3) is 1.00. The minimum atomic E-state index is 0.444. The van der Waals surface area contributed by atoms with E-state index < -0.39 is 0 Å². The maximum absolute atomic E-state index is 5.76. The first-order chi connectivity index (χ1) is 9.66. The minimum Gasteiger partial charge on any atom is -0.377 e. The number of hydrogen-bond donors (Lipinski definition) is 1. The van der Waals surface area contributed by atoms with Crippen molar-refractivity contribution in [2.75, 3.05) is 26.2 Å². The van der Waals surface area contributed by atoms with Crippen LogP contribution in [0.2, 0.25) is 0 Å². The zero-order valence-corrected chi connectivity index (χ0v) is 13.7. The van der Waals surface area contributed by atoms with Crippen LogP contribution in [-0.2, 0) is 4.74 Å². The molecule has 2 unspecified atom stereocenters. The van der Waals surface area contributed by atoms with Crippen LogP contribution in [-0.4, -0.2) is 49.3 Å². The molecule has 0 aromatic rings. The number of rotatable bonds is 8. The van der Waals surface area contributed by atoms with Gasteiger partial charge in [0.15, 0.2) is 0 Å². The van der Waals surface area contributed by atoms with E-state index in [2.05, 4.69) is 31.0 Å². The fourth-order valence-corrected chi connectivity index (χ4v) is 3.73. The molecule has 1 aliphatic carbocycles. The van der Waals surface area contributed by atoms with Gasteiger partial charge in [-0.05, 0) is 38.5 Å². The molecule has 20 heavy (non-hydrogen) atoms. The molecule has 1 N–H and O–H groups in total. The summed E-state index contributed by atoms with van der Waals surface area (Å²) in [5.74, 6) is 0.770. The van der Waals surface area contributed by atoms with Crippen molar-refractivity contribution >= 4 is 0 Å². The molecular formula is C17H34N2O. The van der Waals surface area contributed by atoms with Crippen molar-refractivity contribution in [2.24, 2.45) is 5.92 Å². The molecule has 2 rings (SSSR count). The van der Waals surface area contributed by atoms with Gasteiger partial charge in [-0.25, -0.2) is 0 Å². The third kappa shape index (κ3) is 5.01. The Morgan fingerprint density at radius 3 is 2.45 bits per heavy atom. The highest BCUT2D eigenvalue weighted by Gasteiger charge is 2.24. The Labute approximate surface area is 125 Å². The van der Waals surface area contributed by atoms with E-state index >= 15 is 0 Å². The fourth-order valence-electron chi connectivity index (χ4n) is 3.73. The lowest BCUT2D eigenvalue weighted by atomic mass is 10.1. The molecule has 0 amide bonds. The lowest BCUT2D eigenvalue weighted by Gasteiger charge is -2.31. The molecule has 0 spiro atoms. The molecule has 2 atom stereocenters. The summed E-state index contributed by atoms with van der Waals surface area (Å²) in [6.45, 7) is 11.5. The van der Waals surface area contributed by atoms with Crippen molar-refractivity contribution in [3.8, 4) is 0 Å². The highest BCUT2D eigenvalue weighted by molar-refractivity contribution is 4.81. The van der Waals surface area contributed by atoms with Crippen LogP contribution in [0.1, 0.15) is 59.3 Å². The van der Waals surface area contributed by atoms with E-state index in [9.17, 15) is 0 Å². The molecule has 3 heteroatoms. The van der Waals surface area contributed by atoms with Crippen molar-refractivity contribution in [1.82, 2.24) is 10.2 Å². The topological polar surface area (TPSA) is 24.5 Å². The highest BCUT2D eigenvalue weighted by Crippen LogP contribution is 2.24. The van der Waals surface area contributed by atoms with E-state index in [0.29, 0.717) is 12.1 Å². The van der Waals surface area contributed by atoms with Gasteiger partial charge >= 0.3 is 0 Å². The Balaban J connectivity index is 1.70. The molecule has 2 aliphatic rings. The van der Waals surface area contributed by atoms with Crippen LogP contribution in [0.15, 0.2) is 0 Å².